The Kier molecular flexibility index (Phi) is 6.44. The molecule has 0 saturated carbocycles. The maximum atomic E-state index is 12.4. The smallest absolute Gasteiger partial charge is 0.234 e. The van der Waals surface area contributed by atoms with Crippen LogP contribution in [-0.4, -0.2) is 26.4 Å². The molecule has 6 nitrogen and oxygen atoms in total. The number of amides is 1. The predicted molar refractivity (Wildman–Crippen MR) is 125 cm³/mol. The first-order valence-corrected chi connectivity index (χ1v) is 11.1. The Bertz CT molecular complexity index is 1230. The molecule has 3 aromatic carbocycles. The molecule has 31 heavy (non-hydrogen) atoms. The molecule has 0 spiro atoms. The average molecular weight is 453 g/mol. The number of ether oxygens (including phenoxy) is 1. The summed E-state index contributed by atoms with van der Waals surface area (Å²) < 4.78 is 7.75. The minimum atomic E-state index is -0.349. The van der Waals surface area contributed by atoms with Gasteiger partial charge in [-0.2, -0.15) is 0 Å². The number of carbonyl (C=O) groups excluding carboxylic acids is 1. The maximum absolute atomic E-state index is 12.4. The molecule has 0 aliphatic heterocycles. The number of carbonyl (C=O) groups is 1. The SMILES string of the molecule is C[C@H](Oc1ccccc1Cl)c1nnc(SCC(=O)Nc2ccc3ccccc3c2)n1C. The molecule has 0 saturated heterocycles. The van der Waals surface area contributed by atoms with Crippen LogP contribution in [0.5, 0.6) is 5.75 Å². The lowest BCUT2D eigenvalue weighted by Gasteiger charge is -2.15. The van der Waals surface area contributed by atoms with Crippen molar-refractivity contribution in [1.82, 2.24) is 14.8 Å². The molecule has 1 aromatic heterocycles. The highest BCUT2D eigenvalue weighted by molar-refractivity contribution is 7.99. The lowest BCUT2D eigenvalue weighted by atomic mass is 10.1. The van der Waals surface area contributed by atoms with Crippen molar-refractivity contribution in [3.8, 4) is 5.75 Å². The molecule has 4 aromatic rings. The van der Waals surface area contributed by atoms with E-state index in [9.17, 15) is 4.79 Å². The number of para-hydroxylation sites is 1. The van der Waals surface area contributed by atoms with Crippen molar-refractivity contribution in [2.24, 2.45) is 7.05 Å². The highest BCUT2D eigenvalue weighted by Crippen LogP contribution is 2.29. The summed E-state index contributed by atoms with van der Waals surface area (Å²) in [5.74, 6) is 1.35. The lowest BCUT2D eigenvalue weighted by Crippen LogP contribution is -2.15. The topological polar surface area (TPSA) is 69.0 Å². The van der Waals surface area contributed by atoms with E-state index in [0.29, 0.717) is 21.8 Å². The third kappa shape index (κ3) is 5.00. The Morgan fingerprint density at radius 3 is 2.65 bits per heavy atom. The van der Waals surface area contributed by atoms with E-state index in [1.807, 2.05) is 79.2 Å². The van der Waals surface area contributed by atoms with Gasteiger partial charge in [0, 0.05) is 12.7 Å². The fourth-order valence-electron chi connectivity index (χ4n) is 3.18. The van der Waals surface area contributed by atoms with Gasteiger partial charge in [0.25, 0.3) is 0 Å². The van der Waals surface area contributed by atoms with E-state index in [1.54, 1.807) is 6.07 Å². The quantitative estimate of drug-likeness (QED) is 0.375. The molecule has 1 atom stereocenters. The number of nitrogens with one attached hydrogen (secondary N) is 1. The highest BCUT2D eigenvalue weighted by Gasteiger charge is 2.19. The van der Waals surface area contributed by atoms with Gasteiger partial charge in [0.2, 0.25) is 5.91 Å². The van der Waals surface area contributed by atoms with Crippen molar-refractivity contribution in [3.05, 3.63) is 77.6 Å². The average Bonchev–Trinajstić information content (AvgIpc) is 3.14. The summed E-state index contributed by atoms with van der Waals surface area (Å²) in [5, 5.41) is 14.8. The number of halogens is 1. The van der Waals surface area contributed by atoms with Gasteiger partial charge in [-0.05, 0) is 42.0 Å². The van der Waals surface area contributed by atoms with E-state index >= 15 is 0 Å². The second-order valence-corrected chi connectivity index (χ2v) is 8.34. The first-order valence-electron chi connectivity index (χ1n) is 9.73. The molecule has 0 radical (unpaired) electrons. The summed E-state index contributed by atoms with van der Waals surface area (Å²) in [4.78, 5) is 12.4. The summed E-state index contributed by atoms with van der Waals surface area (Å²) in [5.41, 5.74) is 0.768. The Hall–Kier alpha value is -3.03. The predicted octanol–water partition coefficient (Wildman–Crippen LogP) is 5.49. The van der Waals surface area contributed by atoms with Crippen LogP contribution < -0.4 is 10.1 Å². The second-order valence-electron chi connectivity index (χ2n) is 6.99. The van der Waals surface area contributed by atoms with Gasteiger partial charge in [-0.15, -0.1) is 10.2 Å². The lowest BCUT2D eigenvalue weighted by molar-refractivity contribution is -0.113. The molecular weight excluding hydrogens is 432 g/mol. The van der Waals surface area contributed by atoms with Crippen LogP contribution in [0.3, 0.4) is 0 Å². The Labute approximate surface area is 189 Å². The zero-order valence-corrected chi connectivity index (χ0v) is 18.7. The minimum absolute atomic E-state index is 0.106. The highest BCUT2D eigenvalue weighted by atomic mass is 35.5. The van der Waals surface area contributed by atoms with Gasteiger partial charge in [-0.3, -0.25) is 4.79 Å². The monoisotopic (exact) mass is 452 g/mol. The van der Waals surface area contributed by atoms with Crippen LogP contribution in [0.1, 0.15) is 18.9 Å². The third-order valence-electron chi connectivity index (χ3n) is 4.74. The first kappa shape index (κ1) is 21.2. The summed E-state index contributed by atoms with van der Waals surface area (Å²) >= 11 is 7.49. The van der Waals surface area contributed by atoms with Crippen LogP contribution in [0.4, 0.5) is 5.69 Å². The fourth-order valence-corrected chi connectivity index (χ4v) is 4.08. The molecule has 1 heterocycles. The van der Waals surface area contributed by atoms with E-state index < -0.39 is 0 Å². The molecule has 158 valence electrons. The van der Waals surface area contributed by atoms with Crippen molar-refractivity contribution in [2.45, 2.75) is 18.2 Å². The van der Waals surface area contributed by atoms with Crippen LogP contribution in [0, 0.1) is 0 Å². The number of rotatable bonds is 7. The van der Waals surface area contributed by atoms with Gasteiger partial charge in [0.1, 0.15) is 5.75 Å². The van der Waals surface area contributed by atoms with Crippen LogP contribution in [0.2, 0.25) is 5.02 Å². The molecule has 0 bridgehead atoms. The Balaban J connectivity index is 1.36. The second kappa shape index (κ2) is 9.41. The minimum Gasteiger partial charge on any atom is -0.481 e. The van der Waals surface area contributed by atoms with Crippen LogP contribution >= 0.6 is 23.4 Å². The molecule has 0 aliphatic carbocycles. The number of thioether (sulfide) groups is 1. The maximum Gasteiger partial charge on any atom is 0.234 e. The molecule has 4 rings (SSSR count). The van der Waals surface area contributed by atoms with Crippen LogP contribution in [0.15, 0.2) is 71.9 Å². The van der Waals surface area contributed by atoms with E-state index in [1.165, 1.54) is 11.8 Å². The van der Waals surface area contributed by atoms with Gasteiger partial charge < -0.3 is 14.6 Å². The third-order valence-corrected chi connectivity index (χ3v) is 6.07. The van der Waals surface area contributed by atoms with Gasteiger partial charge in [-0.25, -0.2) is 0 Å². The largest absolute Gasteiger partial charge is 0.481 e. The molecule has 1 amide bonds. The zero-order valence-electron chi connectivity index (χ0n) is 17.1. The number of hydrogen-bond acceptors (Lipinski definition) is 5. The molecule has 0 aliphatic rings. The molecule has 8 heteroatoms. The van der Waals surface area contributed by atoms with Crippen molar-refractivity contribution < 1.29 is 9.53 Å². The Morgan fingerprint density at radius 2 is 1.84 bits per heavy atom. The zero-order chi connectivity index (χ0) is 21.8. The van der Waals surface area contributed by atoms with E-state index in [0.717, 1.165) is 16.5 Å². The molecular formula is C23H21ClN4O2S. The number of aromatic nitrogens is 3. The van der Waals surface area contributed by atoms with E-state index in [-0.39, 0.29) is 17.8 Å². The number of nitrogens with zero attached hydrogens (tertiary/aromatic N) is 3. The number of fused-ring (bicyclic) bond motifs is 1. The fraction of sp³-hybridized carbons (Fsp3) is 0.174. The summed E-state index contributed by atoms with van der Waals surface area (Å²) in [6.45, 7) is 1.88. The molecule has 0 fully saturated rings. The van der Waals surface area contributed by atoms with Gasteiger partial charge >= 0.3 is 0 Å². The van der Waals surface area contributed by atoms with E-state index in [4.69, 9.17) is 16.3 Å². The normalized spacial score (nSPS) is 12.0. The van der Waals surface area contributed by atoms with Crippen LogP contribution in [-0.2, 0) is 11.8 Å². The van der Waals surface area contributed by atoms with Gasteiger partial charge in [-0.1, -0.05) is 65.8 Å². The Morgan fingerprint density at radius 1 is 1.10 bits per heavy atom. The van der Waals surface area contributed by atoms with Crippen molar-refractivity contribution in [2.75, 3.05) is 11.1 Å². The number of hydrogen-bond donors (Lipinski definition) is 1. The molecule has 0 unspecified atom stereocenters. The number of benzene rings is 3. The first-order chi connectivity index (χ1) is 15.0. The summed E-state index contributed by atoms with van der Waals surface area (Å²) in [6, 6.07) is 21.2. The summed E-state index contributed by atoms with van der Waals surface area (Å²) in [7, 11) is 1.85. The van der Waals surface area contributed by atoms with E-state index in [2.05, 4.69) is 15.5 Å². The van der Waals surface area contributed by atoms with Gasteiger partial charge in [0.15, 0.2) is 17.1 Å². The van der Waals surface area contributed by atoms with Gasteiger partial charge in [0.05, 0.1) is 10.8 Å². The van der Waals surface area contributed by atoms with Crippen LogP contribution in [0.25, 0.3) is 10.8 Å². The molecule has 1 N–H and O–H groups in total. The number of anilines is 1. The van der Waals surface area contributed by atoms with Crippen molar-refractivity contribution in [1.29, 1.82) is 0 Å². The standard InChI is InChI=1S/C23H21ClN4O2S/c1-15(30-20-10-6-5-9-19(20)24)22-26-27-23(28(22)2)31-14-21(29)25-18-12-11-16-7-3-4-8-17(16)13-18/h3-13,15H,14H2,1-2H3,(H,25,29)/t15-/m0/s1. The van der Waals surface area contributed by atoms with Crippen molar-refractivity contribution in [3.63, 3.8) is 0 Å². The van der Waals surface area contributed by atoms with Crippen molar-refractivity contribution >= 4 is 45.7 Å². The summed E-state index contributed by atoms with van der Waals surface area (Å²) in [6.07, 6.45) is -0.349.